The van der Waals surface area contributed by atoms with E-state index in [1.54, 1.807) is 0 Å². The van der Waals surface area contributed by atoms with Crippen LogP contribution in [0.3, 0.4) is 0 Å². The first kappa shape index (κ1) is 9.21. The van der Waals surface area contributed by atoms with Crippen molar-refractivity contribution in [3.63, 3.8) is 0 Å². The Balaban J connectivity index is -0.000000213. The molecule has 0 nitrogen and oxygen atoms in total. The van der Waals surface area contributed by atoms with Gasteiger partial charge in [0, 0.05) is 5.02 Å². The van der Waals surface area contributed by atoms with Gasteiger partial charge in [-0.1, -0.05) is 11.6 Å². The Morgan fingerprint density at radius 2 is 1.67 bits per heavy atom. The molecule has 1 aromatic carbocycles. The van der Waals surface area contributed by atoms with Crippen molar-refractivity contribution in [2.24, 2.45) is 0 Å². The topological polar surface area (TPSA) is 0 Å². The van der Waals surface area contributed by atoms with Gasteiger partial charge in [-0.25, -0.2) is 4.39 Å². The maximum Gasteiger partial charge on any atom is 2.00 e. The van der Waals surface area contributed by atoms with Crippen LogP contribution < -0.4 is 0 Å². The normalized spacial score (nSPS) is 8.22. The van der Waals surface area contributed by atoms with E-state index in [9.17, 15) is 4.39 Å². The zero-order chi connectivity index (χ0) is 5.98. The fraction of sp³-hybridized carbons (Fsp3) is 0. The summed E-state index contributed by atoms with van der Waals surface area (Å²) in [5.41, 5.74) is 0. The van der Waals surface area contributed by atoms with Gasteiger partial charge in [-0.05, 0) is 24.3 Å². The predicted molar refractivity (Wildman–Crippen MR) is 39.4 cm³/mol. The second-order valence-corrected chi connectivity index (χ2v) is 1.87. The minimum absolute atomic E-state index is 0. The Bertz CT molecular complexity index is 159. The molecule has 46 valence electrons. The molecule has 3 heteroatoms. The van der Waals surface area contributed by atoms with Gasteiger partial charge >= 0.3 is 23.1 Å². The average molecular weight is 157 g/mol. The van der Waals surface area contributed by atoms with Crippen LogP contribution in [0.1, 0.15) is 2.85 Å². The van der Waals surface area contributed by atoms with Crippen LogP contribution in [0.4, 0.5) is 4.39 Å². The molecule has 0 N–H and O–H groups in total. The third-order valence-corrected chi connectivity index (χ3v) is 1.06. The molecule has 9 heavy (non-hydrogen) atoms. The molecular weight excluding hydrogens is 151 g/mol. The summed E-state index contributed by atoms with van der Waals surface area (Å²) in [6, 6.07) is 5.67. The Labute approximate surface area is 77.1 Å². The molecule has 0 saturated heterocycles. The molecule has 0 saturated carbocycles. The minimum atomic E-state index is -0.255. The van der Waals surface area contributed by atoms with Crippen molar-refractivity contribution in [1.29, 1.82) is 0 Å². The molecular formula is C6H6ClFMg. The van der Waals surface area contributed by atoms with Crippen LogP contribution in [-0.4, -0.2) is 23.1 Å². The van der Waals surface area contributed by atoms with Crippen molar-refractivity contribution in [2.75, 3.05) is 0 Å². The van der Waals surface area contributed by atoms with Crippen LogP contribution in [0, 0.1) is 5.82 Å². The van der Waals surface area contributed by atoms with Crippen LogP contribution >= 0.6 is 11.6 Å². The van der Waals surface area contributed by atoms with Gasteiger partial charge in [0.15, 0.2) is 0 Å². The van der Waals surface area contributed by atoms with E-state index in [0.29, 0.717) is 5.02 Å². The van der Waals surface area contributed by atoms with Gasteiger partial charge in [-0.2, -0.15) is 0 Å². The summed E-state index contributed by atoms with van der Waals surface area (Å²) < 4.78 is 12.0. The number of benzene rings is 1. The van der Waals surface area contributed by atoms with E-state index in [0.717, 1.165) is 0 Å². The first-order chi connectivity index (χ1) is 3.79. The molecule has 0 aliphatic rings. The summed E-state index contributed by atoms with van der Waals surface area (Å²) in [5, 5.41) is 0.561. The van der Waals surface area contributed by atoms with Crippen LogP contribution in [-0.2, 0) is 0 Å². The first-order valence-corrected chi connectivity index (χ1v) is 2.58. The largest absolute Gasteiger partial charge is 2.00 e. The number of hydrogen-bond donors (Lipinski definition) is 0. The van der Waals surface area contributed by atoms with Crippen molar-refractivity contribution in [3.05, 3.63) is 35.1 Å². The monoisotopic (exact) mass is 156 g/mol. The molecule has 1 aromatic rings. The molecule has 0 atom stereocenters. The molecule has 0 amide bonds. The van der Waals surface area contributed by atoms with Gasteiger partial charge in [0.25, 0.3) is 0 Å². The summed E-state index contributed by atoms with van der Waals surface area (Å²) in [6.07, 6.45) is 0. The smallest absolute Gasteiger partial charge is 1.00 e. The Morgan fingerprint density at radius 3 is 2.00 bits per heavy atom. The second kappa shape index (κ2) is 4.09. The van der Waals surface area contributed by atoms with E-state index in [1.807, 2.05) is 0 Å². The summed E-state index contributed by atoms with van der Waals surface area (Å²) in [7, 11) is 0. The van der Waals surface area contributed by atoms with Crippen molar-refractivity contribution in [3.8, 4) is 0 Å². The summed E-state index contributed by atoms with van der Waals surface area (Å²) in [6.45, 7) is 0. The van der Waals surface area contributed by atoms with Crippen LogP contribution in [0.25, 0.3) is 0 Å². The molecule has 0 aliphatic carbocycles. The van der Waals surface area contributed by atoms with Gasteiger partial charge < -0.3 is 2.85 Å². The SMILES string of the molecule is Fc1ccc(Cl)cc1.[H-].[H-].[Mg+2]. The molecule has 0 aliphatic heterocycles. The molecule has 0 heterocycles. The van der Waals surface area contributed by atoms with E-state index in [1.165, 1.54) is 24.3 Å². The Morgan fingerprint density at radius 1 is 1.22 bits per heavy atom. The van der Waals surface area contributed by atoms with Crippen molar-refractivity contribution >= 4 is 34.7 Å². The molecule has 0 fully saturated rings. The summed E-state index contributed by atoms with van der Waals surface area (Å²) in [5.74, 6) is -0.255. The van der Waals surface area contributed by atoms with Crippen molar-refractivity contribution in [2.45, 2.75) is 0 Å². The van der Waals surface area contributed by atoms with Crippen LogP contribution in [0.5, 0.6) is 0 Å². The quantitative estimate of drug-likeness (QED) is 0.506. The zero-order valence-corrected chi connectivity index (χ0v) is 6.94. The van der Waals surface area contributed by atoms with Crippen molar-refractivity contribution < 1.29 is 7.24 Å². The maximum atomic E-state index is 12.0. The average Bonchev–Trinajstić information content (AvgIpc) is 1.77. The number of hydrogen-bond acceptors (Lipinski definition) is 0. The zero-order valence-electron chi connectivity index (χ0n) is 6.77. The van der Waals surface area contributed by atoms with E-state index in [-0.39, 0.29) is 31.7 Å². The molecule has 1 rings (SSSR count). The van der Waals surface area contributed by atoms with Gasteiger partial charge in [0.05, 0.1) is 0 Å². The van der Waals surface area contributed by atoms with Gasteiger partial charge in [-0.15, -0.1) is 0 Å². The second-order valence-electron chi connectivity index (χ2n) is 1.44. The van der Waals surface area contributed by atoms with Gasteiger partial charge in [0.1, 0.15) is 5.82 Å². The van der Waals surface area contributed by atoms with Gasteiger partial charge in [-0.3, -0.25) is 0 Å². The van der Waals surface area contributed by atoms with E-state index < -0.39 is 0 Å². The Hall–Kier alpha value is 0.206. The molecule has 0 unspecified atom stereocenters. The number of rotatable bonds is 0. The molecule has 0 radical (unpaired) electrons. The fourth-order valence-electron chi connectivity index (χ4n) is 0.430. The molecule has 0 aromatic heterocycles. The van der Waals surface area contributed by atoms with E-state index >= 15 is 0 Å². The summed E-state index contributed by atoms with van der Waals surface area (Å²) >= 11 is 5.44. The summed E-state index contributed by atoms with van der Waals surface area (Å²) in [4.78, 5) is 0. The third kappa shape index (κ3) is 3.03. The van der Waals surface area contributed by atoms with Gasteiger partial charge in [0.2, 0.25) is 0 Å². The Kier molecular flexibility index (Phi) is 4.18. The van der Waals surface area contributed by atoms with Crippen LogP contribution in [0.2, 0.25) is 5.02 Å². The van der Waals surface area contributed by atoms with E-state index in [2.05, 4.69) is 0 Å². The first-order valence-electron chi connectivity index (χ1n) is 2.20. The van der Waals surface area contributed by atoms with Crippen LogP contribution in [0.15, 0.2) is 24.3 Å². The van der Waals surface area contributed by atoms with E-state index in [4.69, 9.17) is 11.6 Å². The number of halogens is 2. The van der Waals surface area contributed by atoms with Crippen molar-refractivity contribution in [1.82, 2.24) is 0 Å². The molecule has 0 spiro atoms. The fourth-order valence-corrected chi connectivity index (χ4v) is 0.556. The minimum Gasteiger partial charge on any atom is -1.00 e. The predicted octanol–water partition coefficient (Wildman–Crippen LogP) is 2.32. The standard InChI is InChI=1S/C6H4ClF.Mg.2H/c7-5-1-3-6(8)4-2-5;;;/h1-4H;;;/q;+2;2*-1. The molecule has 0 bridgehead atoms. The third-order valence-electron chi connectivity index (χ3n) is 0.804. The maximum absolute atomic E-state index is 12.0.